The number of benzene rings is 2. The zero-order chi connectivity index (χ0) is 18.8. The number of para-hydroxylation sites is 2. The van der Waals surface area contributed by atoms with Crippen LogP contribution in [-0.2, 0) is 11.3 Å². The first-order valence-electron chi connectivity index (χ1n) is 8.53. The first-order chi connectivity index (χ1) is 13.1. The Hall–Kier alpha value is -2.63. The van der Waals surface area contributed by atoms with E-state index < -0.39 is 0 Å². The molecule has 0 unspecified atom stereocenters. The number of aliphatic imine (C=N–C) groups is 1. The highest BCUT2D eigenvalue weighted by atomic mass is 35.5. The Kier molecular flexibility index (Phi) is 4.97. The third-order valence-electron chi connectivity index (χ3n) is 4.24. The molecule has 1 amide bonds. The van der Waals surface area contributed by atoms with Gasteiger partial charge in [0.1, 0.15) is 6.54 Å². The van der Waals surface area contributed by atoms with E-state index in [1.165, 1.54) is 0 Å². The average Bonchev–Trinajstić information content (AvgIpc) is 3.04. The van der Waals surface area contributed by atoms with Crippen LogP contribution in [0.2, 0.25) is 10.0 Å². The van der Waals surface area contributed by atoms with Crippen molar-refractivity contribution < 1.29 is 4.79 Å². The maximum atomic E-state index is 12.7. The summed E-state index contributed by atoms with van der Waals surface area (Å²) in [5.41, 5.74) is 3.10. The van der Waals surface area contributed by atoms with Crippen LogP contribution in [0.15, 0.2) is 59.6 Å². The van der Waals surface area contributed by atoms with Gasteiger partial charge in [0.15, 0.2) is 5.82 Å². The van der Waals surface area contributed by atoms with Crippen molar-refractivity contribution >= 4 is 51.5 Å². The van der Waals surface area contributed by atoms with Crippen molar-refractivity contribution in [3.05, 3.63) is 70.5 Å². The summed E-state index contributed by atoms with van der Waals surface area (Å²) in [5, 5.41) is 3.69. The van der Waals surface area contributed by atoms with Crippen molar-refractivity contribution in [3.63, 3.8) is 0 Å². The fourth-order valence-corrected chi connectivity index (χ4v) is 3.30. The Morgan fingerprint density at radius 2 is 2.00 bits per heavy atom. The van der Waals surface area contributed by atoms with Crippen molar-refractivity contribution in [2.24, 2.45) is 4.99 Å². The zero-order valence-corrected chi connectivity index (χ0v) is 15.8. The lowest BCUT2D eigenvalue weighted by atomic mass is 10.2. The second kappa shape index (κ2) is 7.55. The molecule has 2 heterocycles. The Balaban J connectivity index is 1.66. The summed E-state index contributed by atoms with van der Waals surface area (Å²) in [6.45, 7) is 0.841. The van der Waals surface area contributed by atoms with Crippen LogP contribution in [0.5, 0.6) is 0 Å². The van der Waals surface area contributed by atoms with E-state index in [9.17, 15) is 4.79 Å². The number of carbonyl (C=O) groups is 1. The molecule has 0 aliphatic carbocycles. The molecule has 2 aromatic carbocycles. The molecular weight excluding hydrogens is 383 g/mol. The number of aromatic nitrogens is 2. The van der Waals surface area contributed by atoms with E-state index in [0.717, 1.165) is 29.7 Å². The van der Waals surface area contributed by atoms with Gasteiger partial charge in [0, 0.05) is 12.2 Å². The molecule has 0 atom stereocenters. The molecule has 27 heavy (non-hydrogen) atoms. The summed E-state index contributed by atoms with van der Waals surface area (Å²) in [6, 6.07) is 12.7. The number of hydrogen-bond donors (Lipinski definition) is 1. The van der Waals surface area contributed by atoms with Gasteiger partial charge >= 0.3 is 0 Å². The average molecular weight is 399 g/mol. The van der Waals surface area contributed by atoms with Crippen LogP contribution in [0.1, 0.15) is 12.2 Å². The van der Waals surface area contributed by atoms with Gasteiger partial charge in [-0.1, -0.05) is 41.4 Å². The lowest BCUT2D eigenvalue weighted by Gasteiger charge is -2.12. The minimum Gasteiger partial charge on any atom is -0.324 e. The minimum atomic E-state index is -0.182. The van der Waals surface area contributed by atoms with Crippen LogP contribution >= 0.6 is 23.2 Å². The number of halogens is 2. The molecule has 7 heteroatoms. The quantitative estimate of drug-likeness (QED) is 0.690. The number of carbonyl (C=O) groups excluding carboxylic acids is 1. The summed E-state index contributed by atoms with van der Waals surface area (Å²) in [6.07, 6.45) is 4.95. The van der Waals surface area contributed by atoms with Gasteiger partial charge in [0.2, 0.25) is 5.91 Å². The third-order valence-corrected chi connectivity index (χ3v) is 4.98. The van der Waals surface area contributed by atoms with E-state index in [4.69, 9.17) is 23.2 Å². The fraction of sp³-hybridized carbons (Fsp3) is 0.150. The molecule has 3 aromatic rings. The van der Waals surface area contributed by atoms with E-state index in [-0.39, 0.29) is 12.5 Å². The molecule has 1 aliphatic rings. The molecule has 1 aliphatic heterocycles. The molecule has 0 fully saturated rings. The minimum absolute atomic E-state index is 0.114. The maximum absolute atomic E-state index is 12.7. The maximum Gasteiger partial charge on any atom is 0.244 e. The molecule has 0 saturated heterocycles. The summed E-state index contributed by atoms with van der Waals surface area (Å²) in [4.78, 5) is 21.9. The van der Waals surface area contributed by atoms with Crippen LogP contribution in [0.25, 0.3) is 11.0 Å². The van der Waals surface area contributed by atoms with Gasteiger partial charge in [-0.15, -0.1) is 0 Å². The number of dihydropyridines is 1. The van der Waals surface area contributed by atoms with E-state index in [0.29, 0.717) is 21.6 Å². The largest absolute Gasteiger partial charge is 0.324 e. The number of allylic oxidation sites excluding steroid dienone is 1. The number of amides is 1. The van der Waals surface area contributed by atoms with Gasteiger partial charge in [-0.25, -0.2) is 4.98 Å². The smallest absolute Gasteiger partial charge is 0.244 e. The first-order valence-corrected chi connectivity index (χ1v) is 9.29. The molecule has 5 nitrogen and oxygen atoms in total. The van der Waals surface area contributed by atoms with Crippen LogP contribution < -0.4 is 5.32 Å². The molecule has 136 valence electrons. The highest BCUT2D eigenvalue weighted by Gasteiger charge is 2.17. The highest BCUT2D eigenvalue weighted by Crippen LogP contribution is 2.25. The summed E-state index contributed by atoms with van der Waals surface area (Å²) >= 11 is 12.0. The van der Waals surface area contributed by atoms with E-state index in [1.807, 2.05) is 34.9 Å². The number of fused-ring (bicyclic) bond motifs is 1. The fourth-order valence-electron chi connectivity index (χ4n) is 3.00. The molecule has 1 N–H and O–H groups in total. The predicted molar refractivity (Wildman–Crippen MR) is 110 cm³/mol. The number of anilines is 1. The molecule has 0 radical (unpaired) electrons. The van der Waals surface area contributed by atoms with Crippen LogP contribution in [0.4, 0.5) is 5.69 Å². The number of rotatable bonds is 4. The van der Waals surface area contributed by atoms with Gasteiger partial charge in [-0.2, -0.15) is 0 Å². The van der Waals surface area contributed by atoms with Gasteiger partial charge in [0.25, 0.3) is 0 Å². The van der Waals surface area contributed by atoms with Crippen LogP contribution in [0, 0.1) is 0 Å². The second-order valence-corrected chi connectivity index (χ2v) is 6.96. The highest BCUT2D eigenvalue weighted by molar-refractivity contribution is 6.42. The molecular formula is C20H16Cl2N4O. The molecule has 0 bridgehead atoms. The molecule has 4 rings (SSSR count). The first kappa shape index (κ1) is 17.8. The number of hydrogen-bond acceptors (Lipinski definition) is 3. The number of nitrogens with zero attached hydrogens (tertiary/aromatic N) is 3. The number of nitrogens with one attached hydrogen (secondary N) is 1. The molecule has 0 spiro atoms. The molecule has 0 saturated carbocycles. The number of imidazole rings is 1. The van der Waals surface area contributed by atoms with E-state index >= 15 is 0 Å². The summed E-state index contributed by atoms with van der Waals surface area (Å²) in [5.74, 6) is 0.509. The lowest BCUT2D eigenvalue weighted by molar-refractivity contribution is -0.116. The van der Waals surface area contributed by atoms with Gasteiger partial charge in [0.05, 0.1) is 26.8 Å². The van der Waals surface area contributed by atoms with Crippen molar-refractivity contribution in [3.8, 4) is 0 Å². The SMILES string of the molecule is O=C(Cn1c(C2=NCCC=C2)nc2ccccc21)Nc1ccc(Cl)c(Cl)c1. The zero-order valence-electron chi connectivity index (χ0n) is 14.3. The van der Waals surface area contributed by atoms with Gasteiger partial charge in [-0.05, 0) is 42.8 Å². The second-order valence-electron chi connectivity index (χ2n) is 6.15. The third kappa shape index (κ3) is 3.75. The van der Waals surface area contributed by atoms with Crippen molar-refractivity contribution in [2.45, 2.75) is 13.0 Å². The normalized spacial score (nSPS) is 13.6. The predicted octanol–water partition coefficient (Wildman–Crippen LogP) is 4.73. The summed E-state index contributed by atoms with van der Waals surface area (Å²) in [7, 11) is 0. The lowest BCUT2D eigenvalue weighted by Crippen LogP contribution is -2.22. The van der Waals surface area contributed by atoms with Gasteiger partial charge < -0.3 is 9.88 Å². The molecule has 1 aromatic heterocycles. The Bertz CT molecular complexity index is 1080. The van der Waals surface area contributed by atoms with Crippen molar-refractivity contribution in [1.82, 2.24) is 9.55 Å². The standard InChI is InChI=1S/C20H16Cl2N4O/c21-14-9-8-13(11-15(14)22)24-19(27)12-26-18-7-2-1-5-16(18)25-20(26)17-6-3-4-10-23-17/h1-3,5-9,11H,4,10,12H2,(H,24,27). The van der Waals surface area contributed by atoms with Crippen molar-refractivity contribution in [1.29, 1.82) is 0 Å². The Morgan fingerprint density at radius 3 is 2.78 bits per heavy atom. The van der Waals surface area contributed by atoms with Crippen molar-refractivity contribution in [2.75, 3.05) is 11.9 Å². The van der Waals surface area contributed by atoms with Crippen LogP contribution in [0.3, 0.4) is 0 Å². The van der Waals surface area contributed by atoms with E-state index in [2.05, 4.69) is 21.4 Å². The topological polar surface area (TPSA) is 59.3 Å². The Morgan fingerprint density at radius 1 is 1.15 bits per heavy atom. The van der Waals surface area contributed by atoms with Crippen LogP contribution in [-0.4, -0.2) is 27.7 Å². The summed E-state index contributed by atoms with van der Waals surface area (Å²) < 4.78 is 1.89. The van der Waals surface area contributed by atoms with E-state index in [1.54, 1.807) is 18.2 Å². The Labute approximate surface area is 166 Å². The monoisotopic (exact) mass is 398 g/mol. The van der Waals surface area contributed by atoms with Gasteiger partial charge in [-0.3, -0.25) is 9.79 Å².